The highest BCUT2D eigenvalue weighted by molar-refractivity contribution is 5.82. The Hall–Kier alpha value is -1.15. The van der Waals surface area contributed by atoms with Gasteiger partial charge in [-0.25, -0.2) is 0 Å². The second kappa shape index (κ2) is 9.00. The van der Waals surface area contributed by atoms with Crippen molar-refractivity contribution in [2.45, 2.75) is 84.6 Å². The summed E-state index contributed by atoms with van der Waals surface area (Å²) >= 11 is 0. The normalized spacial score (nSPS) is 41.8. The molecular weight excluding hydrogens is 378 g/mol. The van der Waals surface area contributed by atoms with Crippen LogP contribution in [0.2, 0.25) is 0 Å². The van der Waals surface area contributed by atoms with Crippen LogP contribution in [0.1, 0.15) is 83.6 Å². The van der Waals surface area contributed by atoms with E-state index < -0.39 is 0 Å². The van der Waals surface area contributed by atoms with E-state index in [9.17, 15) is 4.79 Å². The molecule has 0 heterocycles. The molecule has 1 aromatic rings. The molecular formula is C29H43NO. The van der Waals surface area contributed by atoms with E-state index in [1.165, 1.54) is 56.9 Å². The average Bonchev–Trinajstić information content (AvgIpc) is 3.14. The maximum Gasteiger partial charge on any atom is 0.137 e. The van der Waals surface area contributed by atoms with Gasteiger partial charge in [-0.15, -0.1) is 0 Å². The maximum atomic E-state index is 13.3. The van der Waals surface area contributed by atoms with Gasteiger partial charge in [0.15, 0.2) is 0 Å². The summed E-state index contributed by atoms with van der Waals surface area (Å²) in [6.07, 6.45) is 13.3. The molecule has 0 bridgehead atoms. The number of hydrogen-bond acceptors (Lipinski definition) is 2. The zero-order valence-electron chi connectivity index (χ0n) is 19.8. The fraction of sp³-hybridized carbons (Fsp3) is 0.759. The van der Waals surface area contributed by atoms with Crippen molar-refractivity contribution >= 4 is 5.78 Å². The Labute approximate surface area is 190 Å². The number of nitrogens with one attached hydrogen (secondary N) is 1. The molecule has 8 atom stereocenters. The van der Waals surface area contributed by atoms with E-state index >= 15 is 0 Å². The lowest BCUT2D eigenvalue weighted by Gasteiger charge is -2.56. The Morgan fingerprint density at radius 2 is 1.77 bits per heavy atom. The molecule has 0 spiro atoms. The summed E-state index contributed by atoms with van der Waals surface area (Å²) in [6, 6.07) is 10.5. The summed E-state index contributed by atoms with van der Waals surface area (Å²) in [4.78, 5) is 13.3. The van der Waals surface area contributed by atoms with E-state index in [1.807, 2.05) is 0 Å². The third-order valence-electron chi connectivity index (χ3n) is 10.3. The molecule has 2 heteroatoms. The van der Waals surface area contributed by atoms with Gasteiger partial charge in [-0.3, -0.25) is 4.79 Å². The molecule has 4 aliphatic carbocycles. The van der Waals surface area contributed by atoms with E-state index in [0.29, 0.717) is 18.1 Å². The average molecular weight is 422 g/mol. The van der Waals surface area contributed by atoms with Gasteiger partial charge in [-0.1, -0.05) is 50.6 Å². The van der Waals surface area contributed by atoms with E-state index in [1.54, 1.807) is 0 Å². The molecule has 1 aromatic carbocycles. The van der Waals surface area contributed by atoms with Crippen molar-refractivity contribution in [3.05, 3.63) is 35.9 Å². The first-order valence-corrected chi connectivity index (χ1v) is 13.3. The van der Waals surface area contributed by atoms with Crippen LogP contribution in [-0.4, -0.2) is 12.3 Å². The zero-order chi connectivity index (χ0) is 21.4. The minimum atomic E-state index is 0.284. The zero-order valence-corrected chi connectivity index (χ0v) is 19.8. The molecule has 0 saturated heterocycles. The monoisotopic (exact) mass is 421 g/mol. The highest BCUT2D eigenvalue weighted by Gasteiger charge is 2.58. The molecule has 5 rings (SSSR count). The number of Topliss-reactive ketones (excluding diaryl/α,β-unsaturated/α-hetero) is 1. The molecule has 0 aliphatic heterocycles. The van der Waals surface area contributed by atoms with E-state index in [0.717, 1.165) is 55.0 Å². The number of rotatable bonds is 6. The van der Waals surface area contributed by atoms with Crippen molar-refractivity contribution in [1.82, 2.24) is 5.32 Å². The lowest BCUT2D eigenvalue weighted by molar-refractivity contribution is -0.130. The van der Waals surface area contributed by atoms with Crippen LogP contribution in [0.4, 0.5) is 0 Å². The molecule has 1 N–H and O–H groups in total. The van der Waals surface area contributed by atoms with Crippen LogP contribution in [0, 0.1) is 46.8 Å². The Morgan fingerprint density at radius 3 is 2.61 bits per heavy atom. The van der Waals surface area contributed by atoms with Gasteiger partial charge in [0.2, 0.25) is 0 Å². The van der Waals surface area contributed by atoms with Gasteiger partial charge in [0.1, 0.15) is 5.78 Å². The number of fused-ring (bicyclic) bond motifs is 5. The van der Waals surface area contributed by atoms with Crippen molar-refractivity contribution in [3.8, 4) is 0 Å². The minimum absolute atomic E-state index is 0.284. The summed E-state index contributed by atoms with van der Waals surface area (Å²) in [5, 5.41) is 3.50. The summed E-state index contributed by atoms with van der Waals surface area (Å²) in [7, 11) is 0. The van der Waals surface area contributed by atoms with Gasteiger partial charge in [0.25, 0.3) is 0 Å². The molecule has 0 radical (unpaired) electrons. The van der Waals surface area contributed by atoms with Gasteiger partial charge < -0.3 is 5.32 Å². The third kappa shape index (κ3) is 4.14. The summed E-state index contributed by atoms with van der Waals surface area (Å²) in [6.45, 7) is 6.67. The first kappa shape index (κ1) is 21.7. The standard InChI is InChI=1S/C29H43NO/c1-20-8-10-23-22(18-20)9-11-25-24(23)14-16-29(2)26(25)12-13-27(29)28(31)15-17-30-19-21-6-4-3-5-7-21/h3-7,20,22-27,30H,8-19H2,1-2H3. The molecule has 8 unspecified atom stereocenters. The van der Waals surface area contributed by atoms with E-state index in [4.69, 9.17) is 0 Å². The largest absolute Gasteiger partial charge is 0.312 e. The second-order valence-electron chi connectivity index (χ2n) is 11.9. The fourth-order valence-electron chi connectivity index (χ4n) is 8.83. The highest BCUT2D eigenvalue weighted by atomic mass is 16.1. The number of hydrogen-bond donors (Lipinski definition) is 1. The lowest BCUT2D eigenvalue weighted by Crippen LogP contribution is -2.49. The first-order chi connectivity index (χ1) is 15.1. The highest BCUT2D eigenvalue weighted by Crippen LogP contribution is 2.64. The molecule has 4 aliphatic rings. The summed E-state index contributed by atoms with van der Waals surface area (Å²) < 4.78 is 0. The van der Waals surface area contributed by atoms with Gasteiger partial charge >= 0.3 is 0 Å². The molecule has 4 fully saturated rings. The van der Waals surface area contributed by atoms with Crippen LogP contribution >= 0.6 is 0 Å². The lowest BCUT2D eigenvalue weighted by atomic mass is 9.49. The van der Waals surface area contributed by atoms with Crippen molar-refractivity contribution < 1.29 is 4.79 Å². The van der Waals surface area contributed by atoms with Crippen LogP contribution in [0.15, 0.2) is 30.3 Å². The number of carbonyl (C=O) groups is 1. The molecule has 0 aromatic heterocycles. The van der Waals surface area contributed by atoms with Crippen LogP contribution in [-0.2, 0) is 11.3 Å². The predicted molar refractivity (Wildman–Crippen MR) is 128 cm³/mol. The topological polar surface area (TPSA) is 29.1 Å². The van der Waals surface area contributed by atoms with Gasteiger partial charge in [-0.2, -0.15) is 0 Å². The Morgan fingerprint density at radius 1 is 0.968 bits per heavy atom. The van der Waals surface area contributed by atoms with Crippen LogP contribution < -0.4 is 5.32 Å². The smallest absolute Gasteiger partial charge is 0.137 e. The SMILES string of the molecule is CC1CCC2C(CCC3C2CCC2(C)C(C(=O)CCNCc4ccccc4)CCC32)C1. The maximum absolute atomic E-state index is 13.3. The molecule has 170 valence electrons. The first-order valence-electron chi connectivity index (χ1n) is 13.3. The second-order valence-corrected chi connectivity index (χ2v) is 11.9. The summed E-state index contributed by atoms with van der Waals surface area (Å²) in [5.74, 6) is 6.56. The predicted octanol–water partition coefficient (Wildman–Crippen LogP) is 6.64. The van der Waals surface area contributed by atoms with Gasteiger partial charge in [0, 0.05) is 25.4 Å². The van der Waals surface area contributed by atoms with Crippen molar-refractivity contribution in [2.24, 2.45) is 46.8 Å². The van der Waals surface area contributed by atoms with Crippen LogP contribution in [0.25, 0.3) is 0 Å². The molecule has 2 nitrogen and oxygen atoms in total. The van der Waals surface area contributed by atoms with Crippen molar-refractivity contribution in [2.75, 3.05) is 6.54 Å². The number of benzene rings is 1. The van der Waals surface area contributed by atoms with E-state index in [-0.39, 0.29) is 5.41 Å². The Bertz CT molecular complexity index is 759. The van der Waals surface area contributed by atoms with Crippen LogP contribution in [0.3, 0.4) is 0 Å². The van der Waals surface area contributed by atoms with Gasteiger partial charge in [-0.05, 0) is 97.9 Å². The van der Waals surface area contributed by atoms with Crippen molar-refractivity contribution in [3.63, 3.8) is 0 Å². The molecule has 4 saturated carbocycles. The summed E-state index contributed by atoms with van der Waals surface area (Å²) in [5.41, 5.74) is 1.58. The quantitative estimate of drug-likeness (QED) is 0.522. The fourth-order valence-corrected chi connectivity index (χ4v) is 8.83. The third-order valence-corrected chi connectivity index (χ3v) is 10.3. The molecule has 31 heavy (non-hydrogen) atoms. The number of ketones is 1. The molecule has 0 amide bonds. The van der Waals surface area contributed by atoms with Crippen molar-refractivity contribution in [1.29, 1.82) is 0 Å². The Balaban J connectivity index is 1.18. The van der Waals surface area contributed by atoms with Gasteiger partial charge in [0.05, 0.1) is 0 Å². The van der Waals surface area contributed by atoms with Crippen LogP contribution in [0.5, 0.6) is 0 Å². The van der Waals surface area contributed by atoms with E-state index in [2.05, 4.69) is 49.5 Å². The Kier molecular flexibility index (Phi) is 6.30. The number of carbonyl (C=O) groups excluding carboxylic acids is 1. The minimum Gasteiger partial charge on any atom is -0.312 e.